The molecule has 0 saturated carbocycles. The molecule has 0 saturated heterocycles. The summed E-state index contributed by atoms with van der Waals surface area (Å²) in [6.07, 6.45) is 9.01. The number of rotatable bonds is 8. The smallest absolute Gasteiger partial charge is 0.221 e. The van der Waals surface area contributed by atoms with Gasteiger partial charge >= 0.3 is 0 Å². The fraction of sp³-hybridized carbons (Fsp3) is 0.526. The van der Waals surface area contributed by atoms with Crippen molar-refractivity contribution < 1.29 is 4.79 Å². The summed E-state index contributed by atoms with van der Waals surface area (Å²) in [5.74, 6) is 0.163. The summed E-state index contributed by atoms with van der Waals surface area (Å²) in [6.45, 7) is 2.47. The van der Waals surface area contributed by atoms with Gasteiger partial charge in [-0.25, -0.2) is 0 Å². The first-order chi connectivity index (χ1) is 10.7. The van der Waals surface area contributed by atoms with Gasteiger partial charge in [0.25, 0.3) is 0 Å². The van der Waals surface area contributed by atoms with E-state index in [9.17, 15) is 4.79 Å². The molecule has 1 aliphatic carbocycles. The number of carbonyl (C=O) groups excluding carboxylic acids is 1. The zero-order valence-corrected chi connectivity index (χ0v) is 13.7. The number of carbonyl (C=O) groups is 1. The highest BCUT2D eigenvalue weighted by Gasteiger charge is 2.07. The van der Waals surface area contributed by atoms with E-state index in [1.54, 1.807) is 0 Å². The normalized spacial score (nSPS) is 14.7. The van der Waals surface area contributed by atoms with Crippen LogP contribution in [0.5, 0.6) is 0 Å². The molecule has 120 valence electrons. The SMILES string of the molecule is CN(CCC(=O)NCCC1=CCCCC1)Cc1ccccc1. The molecule has 1 aromatic rings. The van der Waals surface area contributed by atoms with Crippen LogP contribution in [0.1, 0.15) is 44.1 Å². The van der Waals surface area contributed by atoms with Crippen LogP contribution in [0.25, 0.3) is 0 Å². The highest BCUT2D eigenvalue weighted by atomic mass is 16.1. The van der Waals surface area contributed by atoms with E-state index in [-0.39, 0.29) is 5.91 Å². The molecule has 0 fully saturated rings. The van der Waals surface area contributed by atoms with E-state index in [1.807, 2.05) is 6.07 Å². The van der Waals surface area contributed by atoms with Crippen LogP contribution in [0, 0.1) is 0 Å². The number of benzene rings is 1. The summed E-state index contributed by atoms with van der Waals surface area (Å²) in [6, 6.07) is 10.4. The summed E-state index contributed by atoms with van der Waals surface area (Å²) >= 11 is 0. The van der Waals surface area contributed by atoms with E-state index in [0.29, 0.717) is 6.42 Å². The molecule has 1 N–H and O–H groups in total. The van der Waals surface area contributed by atoms with Crippen molar-refractivity contribution in [2.24, 2.45) is 0 Å². The van der Waals surface area contributed by atoms with Crippen molar-refractivity contribution in [3.63, 3.8) is 0 Å². The van der Waals surface area contributed by atoms with Crippen LogP contribution in [-0.4, -0.2) is 30.9 Å². The third kappa shape index (κ3) is 6.44. The molecule has 0 bridgehead atoms. The molecular formula is C19H28N2O. The maximum absolute atomic E-state index is 11.9. The monoisotopic (exact) mass is 300 g/mol. The highest BCUT2D eigenvalue weighted by molar-refractivity contribution is 5.76. The van der Waals surface area contributed by atoms with Gasteiger partial charge in [0.2, 0.25) is 5.91 Å². The highest BCUT2D eigenvalue weighted by Crippen LogP contribution is 2.19. The molecular weight excluding hydrogens is 272 g/mol. The minimum atomic E-state index is 0.163. The van der Waals surface area contributed by atoms with Gasteiger partial charge in [-0.05, 0) is 44.7 Å². The van der Waals surface area contributed by atoms with E-state index in [2.05, 4.69) is 47.6 Å². The predicted octanol–water partition coefficient (Wildman–Crippen LogP) is 3.52. The minimum Gasteiger partial charge on any atom is -0.356 e. The van der Waals surface area contributed by atoms with Crippen molar-refractivity contribution in [3.8, 4) is 0 Å². The van der Waals surface area contributed by atoms with Crippen LogP contribution in [0.4, 0.5) is 0 Å². The van der Waals surface area contributed by atoms with Crippen molar-refractivity contribution in [1.29, 1.82) is 0 Å². The summed E-state index contributed by atoms with van der Waals surface area (Å²) in [5, 5.41) is 3.04. The predicted molar refractivity (Wildman–Crippen MR) is 91.6 cm³/mol. The Morgan fingerprint density at radius 2 is 2.05 bits per heavy atom. The Kier molecular flexibility index (Phi) is 7.17. The second-order valence-corrected chi connectivity index (χ2v) is 6.18. The first-order valence-corrected chi connectivity index (χ1v) is 8.41. The molecule has 3 heteroatoms. The molecule has 0 radical (unpaired) electrons. The topological polar surface area (TPSA) is 32.3 Å². The molecule has 2 rings (SSSR count). The van der Waals surface area contributed by atoms with E-state index >= 15 is 0 Å². The molecule has 1 amide bonds. The number of nitrogens with zero attached hydrogens (tertiary/aromatic N) is 1. The van der Waals surface area contributed by atoms with Gasteiger partial charge < -0.3 is 10.2 Å². The average molecular weight is 300 g/mol. The van der Waals surface area contributed by atoms with Gasteiger partial charge in [-0.2, -0.15) is 0 Å². The van der Waals surface area contributed by atoms with Gasteiger partial charge in [0.05, 0.1) is 0 Å². The zero-order valence-electron chi connectivity index (χ0n) is 13.7. The Morgan fingerprint density at radius 1 is 1.23 bits per heavy atom. The third-order valence-corrected chi connectivity index (χ3v) is 4.17. The lowest BCUT2D eigenvalue weighted by molar-refractivity contribution is -0.121. The summed E-state index contributed by atoms with van der Waals surface area (Å²) in [4.78, 5) is 14.1. The molecule has 0 aromatic heterocycles. The van der Waals surface area contributed by atoms with Crippen molar-refractivity contribution >= 4 is 5.91 Å². The third-order valence-electron chi connectivity index (χ3n) is 4.17. The van der Waals surface area contributed by atoms with Crippen molar-refractivity contribution in [2.75, 3.05) is 20.1 Å². The van der Waals surface area contributed by atoms with Crippen molar-refractivity contribution in [1.82, 2.24) is 10.2 Å². The van der Waals surface area contributed by atoms with Crippen LogP contribution in [-0.2, 0) is 11.3 Å². The van der Waals surface area contributed by atoms with Gasteiger partial charge in [-0.15, -0.1) is 0 Å². The molecule has 0 aliphatic heterocycles. The fourth-order valence-electron chi connectivity index (χ4n) is 2.85. The molecule has 0 unspecified atom stereocenters. The number of amides is 1. The Balaban J connectivity index is 1.58. The molecule has 3 nitrogen and oxygen atoms in total. The molecule has 22 heavy (non-hydrogen) atoms. The Morgan fingerprint density at radius 3 is 2.77 bits per heavy atom. The first-order valence-electron chi connectivity index (χ1n) is 8.41. The van der Waals surface area contributed by atoms with E-state index in [0.717, 1.165) is 26.1 Å². The van der Waals surface area contributed by atoms with E-state index < -0.39 is 0 Å². The molecule has 0 spiro atoms. The molecule has 1 aromatic carbocycles. The molecule has 0 atom stereocenters. The van der Waals surface area contributed by atoms with Crippen LogP contribution >= 0.6 is 0 Å². The van der Waals surface area contributed by atoms with Crippen molar-refractivity contribution in [3.05, 3.63) is 47.5 Å². The zero-order chi connectivity index (χ0) is 15.6. The van der Waals surface area contributed by atoms with E-state index in [1.165, 1.54) is 36.8 Å². The number of nitrogens with one attached hydrogen (secondary N) is 1. The molecule has 1 aliphatic rings. The summed E-state index contributed by atoms with van der Waals surface area (Å²) in [5.41, 5.74) is 2.81. The summed E-state index contributed by atoms with van der Waals surface area (Å²) < 4.78 is 0. The number of allylic oxidation sites excluding steroid dienone is 1. The van der Waals surface area contributed by atoms with Gasteiger partial charge in [-0.1, -0.05) is 42.0 Å². The second-order valence-electron chi connectivity index (χ2n) is 6.18. The largest absolute Gasteiger partial charge is 0.356 e. The van der Waals surface area contributed by atoms with Crippen LogP contribution in [0.3, 0.4) is 0 Å². The maximum atomic E-state index is 11.9. The van der Waals surface area contributed by atoms with Gasteiger partial charge in [0.1, 0.15) is 0 Å². The van der Waals surface area contributed by atoms with Gasteiger partial charge in [0, 0.05) is 26.1 Å². The Hall–Kier alpha value is -1.61. The summed E-state index contributed by atoms with van der Waals surface area (Å²) in [7, 11) is 2.06. The molecule has 0 heterocycles. The number of hydrogen-bond donors (Lipinski definition) is 1. The Bertz CT molecular complexity index is 481. The standard InChI is InChI=1S/C19H28N2O/c1-21(16-18-10-6-3-7-11-18)15-13-19(22)20-14-12-17-8-4-2-5-9-17/h3,6-8,10-11H,2,4-5,9,12-16H2,1H3,(H,20,22). The van der Waals surface area contributed by atoms with Crippen LogP contribution < -0.4 is 5.32 Å². The van der Waals surface area contributed by atoms with Crippen LogP contribution in [0.2, 0.25) is 0 Å². The van der Waals surface area contributed by atoms with E-state index in [4.69, 9.17) is 0 Å². The fourth-order valence-corrected chi connectivity index (χ4v) is 2.85. The maximum Gasteiger partial charge on any atom is 0.221 e. The number of hydrogen-bond acceptors (Lipinski definition) is 2. The lowest BCUT2D eigenvalue weighted by Gasteiger charge is -2.17. The lowest BCUT2D eigenvalue weighted by atomic mass is 9.97. The lowest BCUT2D eigenvalue weighted by Crippen LogP contribution is -2.29. The minimum absolute atomic E-state index is 0.163. The second kappa shape index (κ2) is 9.42. The first kappa shape index (κ1) is 16.8. The van der Waals surface area contributed by atoms with Crippen LogP contribution in [0.15, 0.2) is 42.0 Å². The van der Waals surface area contributed by atoms with Crippen molar-refractivity contribution in [2.45, 2.75) is 45.1 Å². The quantitative estimate of drug-likeness (QED) is 0.745. The van der Waals surface area contributed by atoms with Gasteiger partial charge in [-0.3, -0.25) is 4.79 Å². The average Bonchev–Trinajstić information content (AvgIpc) is 2.55. The Labute approximate surface area is 134 Å². The van der Waals surface area contributed by atoms with Gasteiger partial charge in [0.15, 0.2) is 0 Å².